The van der Waals surface area contributed by atoms with E-state index in [1.54, 1.807) is 12.1 Å². The van der Waals surface area contributed by atoms with E-state index in [4.69, 9.17) is 11.5 Å². The van der Waals surface area contributed by atoms with Gasteiger partial charge in [0, 0.05) is 22.3 Å². The molecule has 132 valence electrons. The van der Waals surface area contributed by atoms with E-state index in [0.717, 1.165) is 16.8 Å². The number of rotatable bonds is 3. The van der Waals surface area contributed by atoms with Gasteiger partial charge in [-0.3, -0.25) is 5.32 Å². The molecule has 6 N–H and O–H groups in total. The Kier molecular flexibility index (Phi) is 5.14. The SMILES string of the molecule is Cc1ccc(NC(=O)N/C(N)=N/c2nc(-c3cccc(N)c3)cs2)cc1. The number of anilines is 2. The van der Waals surface area contributed by atoms with Crippen molar-refractivity contribution in [1.82, 2.24) is 10.3 Å². The van der Waals surface area contributed by atoms with Gasteiger partial charge in [-0.2, -0.15) is 4.99 Å². The lowest BCUT2D eigenvalue weighted by atomic mass is 10.1. The van der Waals surface area contributed by atoms with Crippen molar-refractivity contribution in [2.24, 2.45) is 10.7 Å². The van der Waals surface area contributed by atoms with Gasteiger partial charge in [0.05, 0.1) is 5.69 Å². The third-order valence-corrected chi connectivity index (χ3v) is 4.18. The lowest BCUT2D eigenvalue weighted by molar-refractivity contribution is 0.256. The van der Waals surface area contributed by atoms with Gasteiger partial charge in [-0.1, -0.05) is 29.8 Å². The van der Waals surface area contributed by atoms with Crippen LogP contribution in [0.5, 0.6) is 0 Å². The van der Waals surface area contributed by atoms with Crippen LogP contribution in [0.1, 0.15) is 5.56 Å². The Morgan fingerprint density at radius 3 is 2.69 bits per heavy atom. The summed E-state index contributed by atoms with van der Waals surface area (Å²) in [6, 6.07) is 14.4. The largest absolute Gasteiger partial charge is 0.399 e. The second-order valence-corrected chi connectivity index (χ2v) is 6.42. The molecule has 7 nitrogen and oxygen atoms in total. The summed E-state index contributed by atoms with van der Waals surface area (Å²) in [4.78, 5) is 20.5. The summed E-state index contributed by atoms with van der Waals surface area (Å²) >= 11 is 1.32. The molecule has 0 atom stereocenters. The molecule has 0 saturated heterocycles. The molecule has 0 radical (unpaired) electrons. The van der Waals surface area contributed by atoms with Crippen LogP contribution in [-0.4, -0.2) is 17.0 Å². The number of carbonyl (C=O) groups is 1. The fraction of sp³-hybridized carbons (Fsp3) is 0.0556. The first-order chi connectivity index (χ1) is 12.5. The van der Waals surface area contributed by atoms with Crippen molar-refractivity contribution in [3.05, 3.63) is 59.5 Å². The smallest absolute Gasteiger partial charge is 0.325 e. The van der Waals surface area contributed by atoms with Gasteiger partial charge in [-0.15, -0.1) is 11.3 Å². The van der Waals surface area contributed by atoms with Crippen LogP contribution < -0.4 is 22.1 Å². The molecule has 2 aromatic carbocycles. The summed E-state index contributed by atoms with van der Waals surface area (Å²) < 4.78 is 0. The van der Waals surface area contributed by atoms with Crippen molar-refractivity contribution < 1.29 is 4.79 Å². The molecule has 0 spiro atoms. The molecule has 0 saturated carbocycles. The van der Waals surface area contributed by atoms with Crippen molar-refractivity contribution in [2.75, 3.05) is 11.1 Å². The zero-order valence-electron chi connectivity index (χ0n) is 14.1. The number of aliphatic imine (C=N–C) groups is 1. The topological polar surface area (TPSA) is 118 Å². The number of aryl methyl sites for hydroxylation is 1. The number of nitrogens with zero attached hydrogens (tertiary/aromatic N) is 2. The Bertz CT molecular complexity index is 948. The van der Waals surface area contributed by atoms with Crippen molar-refractivity contribution in [3.8, 4) is 11.3 Å². The maximum Gasteiger partial charge on any atom is 0.325 e. The molecule has 0 unspecified atom stereocenters. The van der Waals surface area contributed by atoms with Crippen LogP contribution in [0.25, 0.3) is 11.3 Å². The van der Waals surface area contributed by atoms with E-state index >= 15 is 0 Å². The van der Waals surface area contributed by atoms with E-state index in [2.05, 4.69) is 20.6 Å². The fourth-order valence-electron chi connectivity index (χ4n) is 2.19. The van der Waals surface area contributed by atoms with Crippen molar-refractivity contribution in [2.45, 2.75) is 6.92 Å². The van der Waals surface area contributed by atoms with E-state index in [-0.39, 0.29) is 5.96 Å². The first kappa shape index (κ1) is 17.4. The van der Waals surface area contributed by atoms with Gasteiger partial charge in [-0.05, 0) is 31.2 Å². The van der Waals surface area contributed by atoms with E-state index in [1.807, 2.05) is 48.7 Å². The standard InChI is InChI=1S/C18H18N6OS/c1-11-5-7-14(8-6-11)21-17(25)23-16(20)24-18-22-15(10-26-18)12-3-2-4-13(19)9-12/h2-10H,19H2,1H3,(H4,20,21,22,23,24,25). The molecule has 3 aromatic rings. The third-order valence-electron chi connectivity index (χ3n) is 3.44. The minimum absolute atomic E-state index is 0.0388. The van der Waals surface area contributed by atoms with Crippen molar-refractivity contribution in [1.29, 1.82) is 0 Å². The average molecular weight is 366 g/mol. The van der Waals surface area contributed by atoms with Crippen LogP contribution in [0.4, 0.5) is 21.3 Å². The molecular weight excluding hydrogens is 348 g/mol. The molecule has 1 heterocycles. The predicted molar refractivity (Wildman–Crippen MR) is 107 cm³/mol. The number of guanidine groups is 1. The highest BCUT2D eigenvalue weighted by atomic mass is 32.1. The van der Waals surface area contributed by atoms with Crippen molar-refractivity contribution in [3.63, 3.8) is 0 Å². The summed E-state index contributed by atoms with van der Waals surface area (Å²) in [6.07, 6.45) is 0. The number of carbonyl (C=O) groups excluding carboxylic acids is 1. The van der Waals surface area contributed by atoms with Crippen LogP contribution in [-0.2, 0) is 0 Å². The van der Waals surface area contributed by atoms with Gasteiger partial charge < -0.3 is 16.8 Å². The lowest BCUT2D eigenvalue weighted by Gasteiger charge is -2.06. The molecule has 0 fully saturated rings. The number of nitrogens with two attached hydrogens (primary N) is 2. The second kappa shape index (κ2) is 7.66. The van der Waals surface area contributed by atoms with Crippen molar-refractivity contribution >= 4 is 39.8 Å². The molecule has 0 aliphatic heterocycles. The molecule has 0 aliphatic rings. The van der Waals surface area contributed by atoms with E-state index in [1.165, 1.54) is 11.3 Å². The molecule has 2 amide bonds. The summed E-state index contributed by atoms with van der Waals surface area (Å²) in [7, 11) is 0. The van der Waals surface area contributed by atoms with E-state index in [9.17, 15) is 4.79 Å². The summed E-state index contributed by atoms with van der Waals surface area (Å²) in [5.74, 6) is -0.0388. The number of nitrogens with one attached hydrogen (secondary N) is 2. The molecule has 0 bridgehead atoms. The number of thiazole rings is 1. The number of nitrogen functional groups attached to an aromatic ring is 1. The average Bonchev–Trinajstić information content (AvgIpc) is 3.05. The second-order valence-electron chi connectivity index (χ2n) is 5.58. The minimum Gasteiger partial charge on any atom is -0.399 e. The molecule has 26 heavy (non-hydrogen) atoms. The predicted octanol–water partition coefficient (Wildman–Crippen LogP) is 3.47. The highest BCUT2D eigenvalue weighted by Crippen LogP contribution is 2.27. The van der Waals surface area contributed by atoms with Crippen LogP contribution in [0.3, 0.4) is 0 Å². The Hall–Kier alpha value is -3.39. The molecular formula is C18H18N6OS. The van der Waals surface area contributed by atoms with Gasteiger partial charge in [0.25, 0.3) is 0 Å². The zero-order chi connectivity index (χ0) is 18.5. The van der Waals surface area contributed by atoms with Crippen LogP contribution in [0, 0.1) is 6.92 Å². The number of hydrogen-bond donors (Lipinski definition) is 4. The Morgan fingerprint density at radius 1 is 1.19 bits per heavy atom. The number of aromatic nitrogens is 1. The lowest BCUT2D eigenvalue weighted by Crippen LogP contribution is -2.39. The van der Waals surface area contributed by atoms with Crippen LogP contribution in [0.2, 0.25) is 0 Å². The van der Waals surface area contributed by atoms with Crippen LogP contribution in [0.15, 0.2) is 58.9 Å². The Balaban J connectivity index is 1.64. The maximum absolute atomic E-state index is 11.9. The maximum atomic E-state index is 11.9. The van der Waals surface area contributed by atoms with E-state index in [0.29, 0.717) is 16.5 Å². The van der Waals surface area contributed by atoms with Gasteiger partial charge >= 0.3 is 6.03 Å². The third kappa shape index (κ3) is 4.58. The molecule has 0 aliphatic carbocycles. The monoisotopic (exact) mass is 366 g/mol. The first-order valence-electron chi connectivity index (χ1n) is 7.80. The highest BCUT2D eigenvalue weighted by Gasteiger charge is 2.07. The summed E-state index contributed by atoms with van der Waals surface area (Å²) in [5.41, 5.74) is 15.6. The number of urea groups is 1. The van der Waals surface area contributed by atoms with Gasteiger partial charge in [0.1, 0.15) is 0 Å². The Morgan fingerprint density at radius 2 is 1.96 bits per heavy atom. The number of benzene rings is 2. The minimum atomic E-state index is -0.470. The molecule has 1 aromatic heterocycles. The molecule has 3 rings (SSSR count). The van der Waals surface area contributed by atoms with Crippen LogP contribution >= 0.6 is 11.3 Å². The van der Waals surface area contributed by atoms with Gasteiger partial charge in [-0.25, -0.2) is 9.78 Å². The van der Waals surface area contributed by atoms with E-state index < -0.39 is 6.03 Å². The Labute approximate surface area is 154 Å². The number of hydrogen-bond acceptors (Lipinski definition) is 5. The quantitative estimate of drug-likeness (QED) is 0.322. The van der Waals surface area contributed by atoms with Gasteiger partial charge in [0.2, 0.25) is 11.1 Å². The number of amides is 2. The normalized spacial score (nSPS) is 11.2. The summed E-state index contributed by atoms with van der Waals surface area (Å²) in [6.45, 7) is 1.97. The fourth-order valence-corrected chi connectivity index (χ4v) is 2.90. The van der Waals surface area contributed by atoms with Gasteiger partial charge in [0.15, 0.2) is 0 Å². The molecule has 8 heteroatoms. The summed E-state index contributed by atoms with van der Waals surface area (Å²) in [5, 5.41) is 7.45. The zero-order valence-corrected chi connectivity index (χ0v) is 14.9. The highest BCUT2D eigenvalue weighted by molar-refractivity contribution is 7.13. The first-order valence-corrected chi connectivity index (χ1v) is 8.68.